The van der Waals surface area contributed by atoms with Gasteiger partial charge in [-0.15, -0.1) is 0 Å². The average Bonchev–Trinajstić information content (AvgIpc) is 1.99. The molecule has 0 rings (SSSR count). The molecule has 0 aromatic rings. The predicted molar refractivity (Wildman–Crippen MR) is 36.8 cm³/mol. The maximum absolute atomic E-state index is 9.01. The molecule has 62 valence electrons. The van der Waals surface area contributed by atoms with Crippen molar-refractivity contribution in [3.8, 4) is 0 Å². The molecule has 0 aliphatic carbocycles. The van der Waals surface area contributed by atoms with Crippen molar-refractivity contribution in [1.29, 1.82) is 0 Å². The van der Waals surface area contributed by atoms with Crippen molar-refractivity contribution in [2.24, 2.45) is 0 Å². The summed E-state index contributed by atoms with van der Waals surface area (Å²) in [6, 6.07) is 0. The van der Waals surface area contributed by atoms with Crippen LogP contribution in [0.1, 0.15) is 12.8 Å². The van der Waals surface area contributed by atoms with Gasteiger partial charge in [0.2, 0.25) is 0 Å². The van der Waals surface area contributed by atoms with Crippen LogP contribution in [-0.4, -0.2) is 35.5 Å². The van der Waals surface area contributed by atoms with Gasteiger partial charge in [0.15, 0.2) is 0 Å². The Morgan fingerprint density at radius 1 is 0.900 bits per heavy atom. The van der Waals surface area contributed by atoms with Gasteiger partial charge in [-0.25, -0.2) is 0 Å². The second kappa shape index (κ2) is 5.61. The zero-order valence-electron chi connectivity index (χ0n) is 6.29. The van der Waals surface area contributed by atoms with Crippen LogP contribution in [0.5, 0.6) is 0 Å². The van der Waals surface area contributed by atoms with E-state index in [4.69, 9.17) is 10.2 Å². The molecule has 0 saturated heterocycles. The summed E-state index contributed by atoms with van der Waals surface area (Å²) in [4.78, 5) is 0. The molecule has 0 aliphatic heterocycles. The van der Waals surface area contributed by atoms with Crippen LogP contribution in [0.3, 0.4) is 0 Å². The lowest BCUT2D eigenvalue weighted by atomic mass is 10.1. The first-order valence-electron chi connectivity index (χ1n) is 3.65. The maximum atomic E-state index is 9.01. The van der Waals surface area contributed by atoms with Gasteiger partial charge in [0, 0.05) is 0 Å². The summed E-state index contributed by atoms with van der Waals surface area (Å²) >= 11 is 0. The first-order valence-corrected chi connectivity index (χ1v) is 3.65. The van der Waals surface area contributed by atoms with Crippen molar-refractivity contribution < 1.29 is 21.7 Å². The van der Waals surface area contributed by atoms with E-state index < -0.39 is 0 Å². The smallest absolute Gasteiger partial charge is 0.103 e. The average molecular weight is 150 g/mol. The van der Waals surface area contributed by atoms with E-state index >= 15 is 0 Å². The summed E-state index contributed by atoms with van der Waals surface area (Å²) in [6.45, 7) is 1.04. The van der Waals surface area contributed by atoms with Crippen molar-refractivity contribution in [2.45, 2.75) is 25.0 Å². The summed E-state index contributed by atoms with van der Waals surface area (Å²) in [5.74, 6) is 0. The molecule has 0 fully saturated rings. The number of hydrogen-bond acceptors (Lipinski definition) is 2. The predicted octanol–water partition coefficient (Wildman–Crippen LogP) is -3.03. The largest absolute Gasteiger partial charge is 0.387 e. The van der Waals surface area contributed by atoms with Gasteiger partial charge in [-0.1, -0.05) is 0 Å². The Morgan fingerprint density at radius 3 is 1.40 bits per heavy atom. The molecule has 0 spiro atoms. The Balaban J connectivity index is 3.17. The Hall–Kier alpha value is -0.160. The normalized spacial score (nSPS) is 16.8. The van der Waals surface area contributed by atoms with Crippen LogP contribution in [0, 0.1) is 0 Å². The summed E-state index contributed by atoms with van der Waals surface area (Å²) in [5, 5.41) is 18.0. The van der Waals surface area contributed by atoms with Crippen LogP contribution < -0.4 is 11.5 Å². The summed E-state index contributed by atoms with van der Waals surface area (Å²) in [6.07, 6.45) is 0.530. The molecule has 10 heavy (non-hydrogen) atoms. The van der Waals surface area contributed by atoms with Crippen molar-refractivity contribution in [1.82, 2.24) is 0 Å². The Morgan fingerprint density at radius 2 is 1.20 bits per heavy atom. The van der Waals surface area contributed by atoms with E-state index in [0.717, 1.165) is 0 Å². The van der Waals surface area contributed by atoms with E-state index in [9.17, 15) is 0 Å². The number of aliphatic hydroxyl groups is 2. The van der Waals surface area contributed by atoms with Gasteiger partial charge in [0.1, 0.15) is 25.3 Å². The van der Waals surface area contributed by atoms with Gasteiger partial charge >= 0.3 is 0 Å². The highest BCUT2D eigenvalue weighted by atomic mass is 16.3. The minimum atomic E-state index is -0.360. The number of quaternary nitrogens is 2. The van der Waals surface area contributed by atoms with Crippen LogP contribution in [0.4, 0.5) is 0 Å². The van der Waals surface area contributed by atoms with E-state index in [1.165, 1.54) is 0 Å². The minimum absolute atomic E-state index is 0.360. The molecule has 0 aliphatic rings. The van der Waals surface area contributed by atoms with Crippen LogP contribution in [0.15, 0.2) is 0 Å². The standard InChI is InChI=1S/C6H16N2O2/c7-3-5(9)1-2-6(10)4-8/h5-6,9-10H,1-4,7-8H2/p+2. The highest BCUT2D eigenvalue weighted by molar-refractivity contribution is 4.57. The molecule has 4 heteroatoms. The minimum Gasteiger partial charge on any atom is -0.387 e. The Bertz CT molecular complexity index is 70.1. The van der Waals surface area contributed by atoms with Gasteiger partial charge in [0.05, 0.1) is 0 Å². The third-order valence-corrected chi connectivity index (χ3v) is 1.50. The van der Waals surface area contributed by atoms with Gasteiger partial charge in [0.25, 0.3) is 0 Å². The van der Waals surface area contributed by atoms with Crippen LogP contribution >= 0.6 is 0 Å². The first-order chi connectivity index (χ1) is 4.70. The van der Waals surface area contributed by atoms with Crippen molar-refractivity contribution in [3.63, 3.8) is 0 Å². The molecule has 0 amide bonds. The fraction of sp³-hybridized carbons (Fsp3) is 1.00. The number of aliphatic hydroxyl groups excluding tert-OH is 2. The van der Waals surface area contributed by atoms with Crippen molar-refractivity contribution >= 4 is 0 Å². The molecule has 0 aromatic carbocycles. The molecule has 0 radical (unpaired) electrons. The first kappa shape index (κ1) is 9.84. The van der Waals surface area contributed by atoms with Gasteiger partial charge < -0.3 is 21.7 Å². The van der Waals surface area contributed by atoms with E-state index in [1.807, 2.05) is 0 Å². The Labute approximate surface area is 60.8 Å². The van der Waals surface area contributed by atoms with E-state index in [1.54, 1.807) is 0 Å². The molecule has 4 nitrogen and oxygen atoms in total. The van der Waals surface area contributed by atoms with E-state index in [2.05, 4.69) is 11.5 Å². The molecule has 2 unspecified atom stereocenters. The van der Waals surface area contributed by atoms with Crippen LogP contribution in [0.25, 0.3) is 0 Å². The van der Waals surface area contributed by atoms with Crippen molar-refractivity contribution in [3.05, 3.63) is 0 Å². The quantitative estimate of drug-likeness (QED) is 0.335. The van der Waals surface area contributed by atoms with E-state index in [0.29, 0.717) is 25.9 Å². The van der Waals surface area contributed by atoms with Gasteiger partial charge in [-0.05, 0) is 12.8 Å². The molecular formula is C6H18N2O2+2. The summed E-state index contributed by atoms with van der Waals surface area (Å²) < 4.78 is 0. The molecule has 0 bridgehead atoms. The lowest BCUT2D eigenvalue weighted by Gasteiger charge is -2.07. The zero-order valence-corrected chi connectivity index (χ0v) is 6.29. The molecule has 0 heterocycles. The van der Waals surface area contributed by atoms with Crippen LogP contribution in [0.2, 0.25) is 0 Å². The fourth-order valence-corrected chi connectivity index (χ4v) is 0.673. The highest BCUT2D eigenvalue weighted by Crippen LogP contribution is 1.97. The summed E-state index contributed by atoms with van der Waals surface area (Å²) in [7, 11) is 0. The monoisotopic (exact) mass is 150 g/mol. The summed E-state index contributed by atoms with van der Waals surface area (Å²) in [5.41, 5.74) is 7.08. The molecule has 0 saturated carbocycles. The van der Waals surface area contributed by atoms with Crippen molar-refractivity contribution in [2.75, 3.05) is 13.1 Å². The number of hydrogen-bond donors (Lipinski definition) is 4. The third-order valence-electron chi connectivity index (χ3n) is 1.50. The fourth-order valence-electron chi connectivity index (χ4n) is 0.673. The second-order valence-corrected chi connectivity index (χ2v) is 2.46. The Kier molecular flexibility index (Phi) is 5.52. The molecule has 2 atom stereocenters. The second-order valence-electron chi connectivity index (χ2n) is 2.46. The maximum Gasteiger partial charge on any atom is 0.103 e. The van der Waals surface area contributed by atoms with Gasteiger partial charge in [-0.3, -0.25) is 0 Å². The van der Waals surface area contributed by atoms with E-state index in [-0.39, 0.29) is 12.2 Å². The SMILES string of the molecule is [NH3+]CC(O)CCC(O)C[NH3+]. The molecule has 8 N–H and O–H groups in total. The third kappa shape index (κ3) is 4.69. The lowest BCUT2D eigenvalue weighted by molar-refractivity contribution is -0.388. The lowest BCUT2D eigenvalue weighted by Crippen LogP contribution is -2.57. The molecule has 0 aromatic heterocycles. The number of rotatable bonds is 5. The zero-order chi connectivity index (χ0) is 7.98. The topological polar surface area (TPSA) is 95.7 Å². The van der Waals surface area contributed by atoms with Gasteiger partial charge in [-0.2, -0.15) is 0 Å². The molecular weight excluding hydrogens is 132 g/mol. The highest BCUT2D eigenvalue weighted by Gasteiger charge is 2.08. The van der Waals surface area contributed by atoms with Crippen LogP contribution in [-0.2, 0) is 0 Å².